The number of nitrogens with zero attached hydrogens (tertiary/aromatic N) is 2. The monoisotopic (exact) mass is 407 g/mol. The number of rotatable bonds is 2. The molecule has 4 nitrogen and oxygen atoms in total. The number of benzene rings is 1. The van der Waals surface area contributed by atoms with E-state index in [4.69, 9.17) is 11.6 Å². The van der Waals surface area contributed by atoms with Crippen molar-refractivity contribution < 1.29 is 4.79 Å². The van der Waals surface area contributed by atoms with E-state index in [1.807, 2.05) is 39.8 Å². The topological polar surface area (TPSA) is 57.8 Å². The first-order valence-electron chi connectivity index (χ1n) is 8.84. The van der Waals surface area contributed by atoms with Gasteiger partial charge in [-0.1, -0.05) is 17.7 Å². The van der Waals surface area contributed by atoms with E-state index in [0.717, 1.165) is 43.6 Å². The normalized spacial score (nSPS) is 14.3. The van der Waals surface area contributed by atoms with Crippen LogP contribution >= 0.6 is 22.9 Å². The molecule has 3 heterocycles. The SMILES string of the molecule is Cc1sc(-n2c(C)cc(/C=C3/C(=O)Nc4cc(Cl)ccc43)c2C)c(C#N)c1C. The van der Waals surface area contributed by atoms with Crippen molar-refractivity contribution in [1.29, 1.82) is 5.26 Å². The minimum absolute atomic E-state index is 0.136. The summed E-state index contributed by atoms with van der Waals surface area (Å²) in [6.07, 6.45) is 1.91. The van der Waals surface area contributed by atoms with Gasteiger partial charge in [-0.25, -0.2) is 0 Å². The lowest BCUT2D eigenvalue weighted by atomic mass is 10.0. The summed E-state index contributed by atoms with van der Waals surface area (Å²) in [5.74, 6) is -0.136. The summed E-state index contributed by atoms with van der Waals surface area (Å²) in [6, 6.07) is 9.80. The molecule has 4 rings (SSSR count). The number of aromatic nitrogens is 1. The molecule has 3 aromatic rings. The number of anilines is 1. The van der Waals surface area contributed by atoms with Crippen LogP contribution in [-0.2, 0) is 4.79 Å². The number of hydrogen-bond donors (Lipinski definition) is 1. The Morgan fingerprint density at radius 1 is 1.21 bits per heavy atom. The fourth-order valence-electron chi connectivity index (χ4n) is 3.61. The number of hydrogen-bond acceptors (Lipinski definition) is 3. The molecule has 1 N–H and O–H groups in total. The molecule has 1 amide bonds. The quantitative estimate of drug-likeness (QED) is 0.546. The summed E-state index contributed by atoms with van der Waals surface area (Å²) in [5.41, 5.74) is 6.91. The molecule has 0 unspecified atom stereocenters. The van der Waals surface area contributed by atoms with Crippen molar-refractivity contribution >= 4 is 46.2 Å². The van der Waals surface area contributed by atoms with Crippen molar-refractivity contribution in [3.8, 4) is 11.1 Å². The van der Waals surface area contributed by atoms with Gasteiger partial charge in [-0.3, -0.25) is 4.79 Å². The van der Waals surface area contributed by atoms with Crippen LogP contribution in [0.1, 0.15) is 38.5 Å². The zero-order valence-corrected chi connectivity index (χ0v) is 17.5. The van der Waals surface area contributed by atoms with E-state index in [0.29, 0.717) is 16.2 Å². The van der Waals surface area contributed by atoms with Gasteiger partial charge in [-0.2, -0.15) is 5.26 Å². The Hall–Kier alpha value is -2.81. The van der Waals surface area contributed by atoms with Crippen molar-refractivity contribution in [3.63, 3.8) is 0 Å². The molecule has 2 aromatic heterocycles. The lowest BCUT2D eigenvalue weighted by molar-refractivity contribution is -0.110. The van der Waals surface area contributed by atoms with Gasteiger partial charge in [-0.05, 0) is 63.1 Å². The van der Waals surface area contributed by atoms with E-state index in [2.05, 4.69) is 22.0 Å². The molecule has 0 bridgehead atoms. The molecule has 0 saturated heterocycles. The first kappa shape index (κ1) is 18.5. The number of amides is 1. The number of aryl methyl sites for hydroxylation is 2. The average molecular weight is 408 g/mol. The number of nitriles is 1. The van der Waals surface area contributed by atoms with Gasteiger partial charge >= 0.3 is 0 Å². The average Bonchev–Trinajstić information content (AvgIpc) is 3.20. The van der Waals surface area contributed by atoms with Crippen LogP contribution in [0.2, 0.25) is 5.02 Å². The third kappa shape index (κ3) is 2.77. The van der Waals surface area contributed by atoms with Gasteiger partial charge in [0.15, 0.2) is 0 Å². The fourth-order valence-corrected chi connectivity index (χ4v) is 5.00. The van der Waals surface area contributed by atoms with Crippen LogP contribution in [-0.4, -0.2) is 10.5 Å². The van der Waals surface area contributed by atoms with Crippen molar-refractivity contribution in [2.45, 2.75) is 27.7 Å². The van der Waals surface area contributed by atoms with Crippen LogP contribution in [0, 0.1) is 39.0 Å². The Kier molecular flexibility index (Phi) is 4.41. The third-order valence-corrected chi connectivity index (χ3v) is 6.64. The minimum atomic E-state index is -0.136. The van der Waals surface area contributed by atoms with E-state index >= 15 is 0 Å². The van der Waals surface area contributed by atoms with Gasteiger partial charge in [-0.15, -0.1) is 11.3 Å². The van der Waals surface area contributed by atoms with Crippen LogP contribution in [0.3, 0.4) is 0 Å². The lowest BCUT2D eigenvalue weighted by Crippen LogP contribution is -2.03. The maximum Gasteiger partial charge on any atom is 0.256 e. The molecule has 1 aromatic carbocycles. The van der Waals surface area contributed by atoms with Gasteiger partial charge < -0.3 is 9.88 Å². The molecule has 0 fully saturated rings. The summed E-state index contributed by atoms with van der Waals surface area (Å²) in [7, 11) is 0. The van der Waals surface area contributed by atoms with E-state index in [9.17, 15) is 10.1 Å². The maximum absolute atomic E-state index is 12.5. The molecule has 0 spiro atoms. The Bertz CT molecular complexity index is 1220. The number of thiophene rings is 1. The highest BCUT2D eigenvalue weighted by Crippen LogP contribution is 2.37. The summed E-state index contributed by atoms with van der Waals surface area (Å²) in [5, 5.41) is 14.0. The molecule has 28 heavy (non-hydrogen) atoms. The second-order valence-electron chi connectivity index (χ2n) is 6.94. The Morgan fingerprint density at radius 3 is 2.68 bits per heavy atom. The largest absolute Gasteiger partial charge is 0.321 e. The first-order chi connectivity index (χ1) is 13.3. The standard InChI is InChI=1S/C22H18ClN3OS/c1-11-7-15(8-18-17-6-5-16(23)9-20(17)25-21(18)27)13(3)26(11)22-19(10-24)12(2)14(4)28-22/h5-9H,1-4H3,(H,25,27)/b18-8+. The molecular weight excluding hydrogens is 390 g/mol. The maximum atomic E-state index is 12.5. The molecule has 1 aliphatic rings. The van der Waals surface area contributed by atoms with E-state index in [1.54, 1.807) is 23.5 Å². The smallest absolute Gasteiger partial charge is 0.256 e. The lowest BCUT2D eigenvalue weighted by Gasteiger charge is -2.08. The van der Waals surface area contributed by atoms with Crippen molar-refractivity contribution in [2.24, 2.45) is 0 Å². The van der Waals surface area contributed by atoms with E-state index in [-0.39, 0.29) is 5.91 Å². The highest BCUT2D eigenvalue weighted by molar-refractivity contribution is 7.14. The number of fused-ring (bicyclic) bond motifs is 1. The third-order valence-electron chi connectivity index (χ3n) is 5.22. The van der Waals surface area contributed by atoms with Crippen LogP contribution in [0.4, 0.5) is 5.69 Å². The molecule has 6 heteroatoms. The predicted molar refractivity (Wildman–Crippen MR) is 115 cm³/mol. The highest BCUT2D eigenvalue weighted by Gasteiger charge is 2.25. The summed E-state index contributed by atoms with van der Waals surface area (Å²) >= 11 is 7.66. The van der Waals surface area contributed by atoms with Gasteiger partial charge in [0.1, 0.15) is 11.1 Å². The molecule has 1 aliphatic heterocycles. The predicted octanol–water partition coefficient (Wildman–Crippen LogP) is 5.79. The second-order valence-corrected chi connectivity index (χ2v) is 8.58. The van der Waals surface area contributed by atoms with Gasteiger partial charge in [0.2, 0.25) is 0 Å². The van der Waals surface area contributed by atoms with Crippen molar-refractivity contribution in [3.05, 3.63) is 67.8 Å². The zero-order chi connectivity index (χ0) is 20.2. The number of carbonyl (C=O) groups excluding carboxylic acids is 1. The molecule has 0 atom stereocenters. The molecule has 140 valence electrons. The van der Waals surface area contributed by atoms with Crippen LogP contribution in [0.15, 0.2) is 24.3 Å². The number of carbonyl (C=O) groups is 1. The Morgan fingerprint density at radius 2 is 1.96 bits per heavy atom. The van der Waals surface area contributed by atoms with Crippen LogP contribution < -0.4 is 5.32 Å². The van der Waals surface area contributed by atoms with Crippen LogP contribution in [0.5, 0.6) is 0 Å². The molecular formula is C22H18ClN3OS. The Balaban J connectivity index is 1.87. The summed E-state index contributed by atoms with van der Waals surface area (Å²) in [4.78, 5) is 13.6. The van der Waals surface area contributed by atoms with E-state index in [1.165, 1.54) is 0 Å². The summed E-state index contributed by atoms with van der Waals surface area (Å²) < 4.78 is 2.10. The first-order valence-corrected chi connectivity index (χ1v) is 10.0. The van der Waals surface area contributed by atoms with Crippen molar-refractivity contribution in [1.82, 2.24) is 4.57 Å². The van der Waals surface area contributed by atoms with Gasteiger partial charge in [0.05, 0.1) is 11.3 Å². The van der Waals surface area contributed by atoms with Gasteiger partial charge in [0, 0.05) is 32.4 Å². The van der Waals surface area contributed by atoms with E-state index < -0.39 is 0 Å². The Labute approximate surface area is 172 Å². The number of halogens is 1. The van der Waals surface area contributed by atoms with Crippen LogP contribution in [0.25, 0.3) is 16.7 Å². The fraction of sp³-hybridized carbons (Fsp3) is 0.182. The number of nitrogens with one attached hydrogen (secondary N) is 1. The molecule has 0 aliphatic carbocycles. The highest BCUT2D eigenvalue weighted by atomic mass is 35.5. The van der Waals surface area contributed by atoms with Crippen molar-refractivity contribution in [2.75, 3.05) is 5.32 Å². The second kappa shape index (κ2) is 6.66. The summed E-state index contributed by atoms with van der Waals surface area (Å²) in [6.45, 7) is 8.05. The zero-order valence-electron chi connectivity index (χ0n) is 16.0. The molecule has 0 saturated carbocycles. The minimum Gasteiger partial charge on any atom is -0.321 e. The van der Waals surface area contributed by atoms with Gasteiger partial charge in [0.25, 0.3) is 5.91 Å². The molecule has 0 radical (unpaired) electrons.